The number of carbonyl (C=O) groups is 1. The quantitative estimate of drug-likeness (QED) is 0.815. The van der Waals surface area contributed by atoms with Crippen LogP contribution in [0.5, 0.6) is 0 Å². The highest BCUT2D eigenvalue weighted by atomic mass is 32.1. The number of carboxylic acid groups (broad SMARTS) is 1. The lowest BCUT2D eigenvalue weighted by Gasteiger charge is -2.08. The van der Waals surface area contributed by atoms with Crippen LogP contribution >= 0.6 is 11.3 Å². The van der Waals surface area contributed by atoms with Crippen molar-refractivity contribution in [3.05, 3.63) is 23.5 Å². The number of thiazole rings is 1. The molecule has 0 radical (unpaired) electrons. The Labute approximate surface area is 96.5 Å². The van der Waals surface area contributed by atoms with Crippen molar-refractivity contribution in [2.45, 2.75) is 12.8 Å². The summed E-state index contributed by atoms with van der Waals surface area (Å²) >= 11 is 1.54. The van der Waals surface area contributed by atoms with E-state index in [1.54, 1.807) is 0 Å². The maximum Gasteiger partial charge on any atom is 0.306 e. The van der Waals surface area contributed by atoms with Crippen LogP contribution < -0.4 is 5.73 Å². The molecule has 0 aliphatic rings. The second kappa shape index (κ2) is 4.63. The van der Waals surface area contributed by atoms with Crippen molar-refractivity contribution < 1.29 is 9.90 Å². The van der Waals surface area contributed by atoms with Crippen LogP contribution in [0.3, 0.4) is 0 Å². The van der Waals surface area contributed by atoms with Gasteiger partial charge in [-0.05, 0) is 13.0 Å². The molecule has 0 aromatic carbocycles. The molecule has 2 rings (SSSR count). The van der Waals surface area contributed by atoms with Gasteiger partial charge in [0, 0.05) is 24.2 Å². The molecule has 6 heteroatoms. The molecule has 3 N–H and O–H groups in total. The molecule has 0 amide bonds. The number of imidazole rings is 1. The molecule has 1 unspecified atom stereocenters. The first kappa shape index (κ1) is 11.1. The van der Waals surface area contributed by atoms with E-state index >= 15 is 0 Å². The fourth-order valence-electron chi connectivity index (χ4n) is 1.64. The van der Waals surface area contributed by atoms with Crippen LogP contribution in [0.25, 0.3) is 4.96 Å². The van der Waals surface area contributed by atoms with Crippen LogP contribution in [0, 0.1) is 5.92 Å². The average molecular weight is 239 g/mol. The summed E-state index contributed by atoms with van der Waals surface area (Å²) in [5.74, 6) is -1.24. The number of carboxylic acids is 1. The molecule has 0 spiro atoms. The van der Waals surface area contributed by atoms with Gasteiger partial charge in [0.1, 0.15) is 0 Å². The molecule has 0 saturated carbocycles. The fraction of sp³-hybridized carbons (Fsp3) is 0.400. The van der Waals surface area contributed by atoms with Crippen molar-refractivity contribution in [1.82, 2.24) is 9.38 Å². The third-order valence-electron chi connectivity index (χ3n) is 2.46. The maximum absolute atomic E-state index is 11.0. The molecule has 2 aromatic heterocycles. The molecule has 5 nitrogen and oxygen atoms in total. The van der Waals surface area contributed by atoms with Crippen molar-refractivity contribution in [3.8, 4) is 0 Å². The summed E-state index contributed by atoms with van der Waals surface area (Å²) in [4.78, 5) is 16.2. The zero-order valence-corrected chi connectivity index (χ0v) is 9.48. The molecule has 2 aromatic rings. The lowest BCUT2D eigenvalue weighted by atomic mass is 10.0. The molecule has 0 aliphatic heterocycles. The SMILES string of the molecule is NCCC(Cc1cn2ccsc2n1)C(=O)O. The van der Waals surface area contributed by atoms with E-state index in [9.17, 15) is 4.79 Å². The first-order chi connectivity index (χ1) is 7.70. The van der Waals surface area contributed by atoms with E-state index < -0.39 is 11.9 Å². The van der Waals surface area contributed by atoms with Crippen LogP contribution in [0.4, 0.5) is 0 Å². The minimum atomic E-state index is -0.804. The third-order valence-corrected chi connectivity index (χ3v) is 3.23. The van der Waals surface area contributed by atoms with E-state index in [-0.39, 0.29) is 0 Å². The molecule has 2 heterocycles. The Hall–Kier alpha value is -1.40. The average Bonchev–Trinajstić information content (AvgIpc) is 2.76. The number of aliphatic carboxylic acids is 1. The van der Waals surface area contributed by atoms with Crippen molar-refractivity contribution in [2.24, 2.45) is 11.7 Å². The van der Waals surface area contributed by atoms with Gasteiger partial charge in [0.2, 0.25) is 0 Å². The Morgan fingerprint density at radius 3 is 3.12 bits per heavy atom. The summed E-state index contributed by atoms with van der Waals surface area (Å²) in [6, 6.07) is 0. The Balaban J connectivity index is 2.13. The molecule has 1 atom stereocenters. The topological polar surface area (TPSA) is 80.6 Å². The lowest BCUT2D eigenvalue weighted by Crippen LogP contribution is -2.20. The Morgan fingerprint density at radius 2 is 2.50 bits per heavy atom. The van der Waals surface area contributed by atoms with E-state index in [0.29, 0.717) is 19.4 Å². The molecule has 0 saturated heterocycles. The van der Waals surface area contributed by atoms with E-state index in [0.717, 1.165) is 10.7 Å². The van der Waals surface area contributed by atoms with Gasteiger partial charge in [-0.2, -0.15) is 0 Å². The zero-order chi connectivity index (χ0) is 11.5. The van der Waals surface area contributed by atoms with Crippen LogP contribution in [0.15, 0.2) is 17.8 Å². The second-order valence-corrected chi connectivity index (χ2v) is 4.51. The highest BCUT2D eigenvalue weighted by molar-refractivity contribution is 7.15. The number of aromatic nitrogens is 2. The van der Waals surface area contributed by atoms with E-state index in [1.807, 2.05) is 22.2 Å². The summed E-state index contributed by atoms with van der Waals surface area (Å²) < 4.78 is 1.90. The van der Waals surface area contributed by atoms with Gasteiger partial charge in [-0.15, -0.1) is 11.3 Å². The van der Waals surface area contributed by atoms with Crippen molar-refractivity contribution >= 4 is 22.3 Å². The molecule has 86 valence electrons. The van der Waals surface area contributed by atoms with Crippen LogP contribution in [0.1, 0.15) is 12.1 Å². The summed E-state index contributed by atoms with van der Waals surface area (Å²) in [7, 11) is 0. The second-order valence-electron chi connectivity index (χ2n) is 3.64. The van der Waals surface area contributed by atoms with Crippen LogP contribution in [-0.4, -0.2) is 27.0 Å². The highest BCUT2D eigenvalue weighted by Crippen LogP contribution is 2.16. The number of nitrogens with two attached hydrogens (primary N) is 1. The van der Waals surface area contributed by atoms with Crippen molar-refractivity contribution in [1.29, 1.82) is 0 Å². The third kappa shape index (κ3) is 2.23. The zero-order valence-electron chi connectivity index (χ0n) is 8.67. The van der Waals surface area contributed by atoms with Gasteiger partial charge in [-0.3, -0.25) is 9.20 Å². The Morgan fingerprint density at radius 1 is 1.69 bits per heavy atom. The van der Waals surface area contributed by atoms with E-state index in [4.69, 9.17) is 10.8 Å². The monoisotopic (exact) mass is 239 g/mol. The van der Waals surface area contributed by atoms with Crippen LogP contribution in [0.2, 0.25) is 0 Å². The van der Waals surface area contributed by atoms with Gasteiger partial charge in [0.15, 0.2) is 4.96 Å². The van der Waals surface area contributed by atoms with Crippen molar-refractivity contribution in [2.75, 3.05) is 6.54 Å². The smallest absolute Gasteiger partial charge is 0.306 e. The highest BCUT2D eigenvalue weighted by Gasteiger charge is 2.18. The number of hydrogen-bond donors (Lipinski definition) is 2. The van der Waals surface area contributed by atoms with Gasteiger partial charge in [-0.1, -0.05) is 0 Å². The Kier molecular flexibility index (Phi) is 3.21. The van der Waals surface area contributed by atoms with Gasteiger partial charge in [0.05, 0.1) is 11.6 Å². The number of nitrogens with zero attached hydrogens (tertiary/aromatic N) is 2. The van der Waals surface area contributed by atoms with Gasteiger partial charge >= 0.3 is 5.97 Å². The van der Waals surface area contributed by atoms with E-state index in [1.165, 1.54) is 11.3 Å². The molecule has 0 aliphatic carbocycles. The fourth-order valence-corrected chi connectivity index (χ4v) is 2.36. The van der Waals surface area contributed by atoms with Crippen LogP contribution in [-0.2, 0) is 11.2 Å². The molecule has 16 heavy (non-hydrogen) atoms. The van der Waals surface area contributed by atoms with Gasteiger partial charge in [0.25, 0.3) is 0 Å². The normalized spacial score (nSPS) is 13.1. The summed E-state index contributed by atoms with van der Waals surface area (Å²) in [6.07, 6.45) is 4.72. The largest absolute Gasteiger partial charge is 0.481 e. The van der Waals surface area contributed by atoms with E-state index in [2.05, 4.69) is 4.98 Å². The molecule has 0 fully saturated rings. The summed E-state index contributed by atoms with van der Waals surface area (Å²) in [5, 5.41) is 10.9. The lowest BCUT2D eigenvalue weighted by molar-refractivity contribution is -0.141. The van der Waals surface area contributed by atoms with Gasteiger partial charge in [-0.25, -0.2) is 4.98 Å². The maximum atomic E-state index is 11.0. The predicted octanol–water partition coefficient (Wildman–Crippen LogP) is 0.988. The first-order valence-electron chi connectivity index (χ1n) is 5.04. The minimum absolute atomic E-state index is 0.388. The van der Waals surface area contributed by atoms with Gasteiger partial charge < -0.3 is 10.8 Å². The summed E-state index contributed by atoms with van der Waals surface area (Å²) in [6.45, 7) is 0.388. The first-order valence-corrected chi connectivity index (χ1v) is 5.92. The van der Waals surface area contributed by atoms with Crippen molar-refractivity contribution in [3.63, 3.8) is 0 Å². The molecular formula is C10H13N3O2S. The molecular weight excluding hydrogens is 226 g/mol. The summed E-state index contributed by atoms with van der Waals surface area (Å²) in [5.41, 5.74) is 6.20. The predicted molar refractivity (Wildman–Crippen MR) is 61.6 cm³/mol. The number of hydrogen-bond acceptors (Lipinski definition) is 4. The number of rotatable bonds is 5. The number of fused-ring (bicyclic) bond motifs is 1. The standard InChI is InChI=1S/C10H13N3O2S/c11-2-1-7(9(14)15)5-8-6-13-3-4-16-10(13)12-8/h3-4,6-7H,1-2,5,11H2,(H,14,15). The molecule has 0 bridgehead atoms. The Bertz CT molecular complexity index is 462. The minimum Gasteiger partial charge on any atom is -0.481 e.